The average Bonchev–Trinajstić information content (AvgIpc) is 1.99. The number of aromatic hydroxyl groups is 1. The van der Waals surface area contributed by atoms with Gasteiger partial charge in [0.25, 0.3) is 0 Å². The van der Waals surface area contributed by atoms with Crippen LogP contribution in [0.15, 0.2) is 16.6 Å². The van der Waals surface area contributed by atoms with E-state index in [-0.39, 0.29) is 5.75 Å². The van der Waals surface area contributed by atoms with Crippen molar-refractivity contribution in [3.63, 3.8) is 0 Å². The van der Waals surface area contributed by atoms with Gasteiger partial charge < -0.3 is 5.11 Å². The van der Waals surface area contributed by atoms with Crippen molar-refractivity contribution in [1.82, 2.24) is 0 Å². The van der Waals surface area contributed by atoms with E-state index in [0.717, 1.165) is 11.8 Å². The Hall–Kier alpha value is -0.830. The van der Waals surface area contributed by atoms with E-state index in [4.69, 9.17) is 5.11 Å². The summed E-state index contributed by atoms with van der Waals surface area (Å²) in [6.07, 6.45) is 0.721. The lowest BCUT2D eigenvalue weighted by Crippen LogP contribution is -1.87. The third kappa shape index (κ3) is 1.43. The fourth-order valence-corrected chi connectivity index (χ4v) is 1.36. The molecule has 0 aromatic heterocycles. The van der Waals surface area contributed by atoms with Crippen molar-refractivity contribution in [2.75, 3.05) is 0 Å². The SMILES string of the molecule is Cc1ccc(O)c(Br)c1C=O. The molecule has 0 heterocycles. The van der Waals surface area contributed by atoms with Gasteiger partial charge in [-0.3, -0.25) is 4.79 Å². The Kier molecular flexibility index (Phi) is 2.29. The highest BCUT2D eigenvalue weighted by Crippen LogP contribution is 2.28. The van der Waals surface area contributed by atoms with E-state index in [1.165, 1.54) is 0 Å². The van der Waals surface area contributed by atoms with Crippen molar-refractivity contribution in [3.8, 4) is 5.75 Å². The van der Waals surface area contributed by atoms with Crippen LogP contribution in [0, 0.1) is 6.92 Å². The molecule has 0 radical (unpaired) electrons. The zero-order chi connectivity index (χ0) is 8.43. The number of hydrogen-bond donors (Lipinski definition) is 1. The molecule has 58 valence electrons. The van der Waals surface area contributed by atoms with Gasteiger partial charge in [0.2, 0.25) is 0 Å². The van der Waals surface area contributed by atoms with Gasteiger partial charge in [0.1, 0.15) is 5.75 Å². The summed E-state index contributed by atoms with van der Waals surface area (Å²) in [5.41, 5.74) is 1.36. The molecule has 0 atom stereocenters. The summed E-state index contributed by atoms with van der Waals surface area (Å²) in [6, 6.07) is 3.25. The lowest BCUT2D eigenvalue weighted by Gasteiger charge is -2.02. The monoisotopic (exact) mass is 214 g/mol. The van der Waals surface area contributed by atoms with Crippen molar-refractivity contribution in [3.05, 3.63) is 27.7 Å². The van der Waals surface area contributed by atoms with E-state index < -0.39 is 0 Å². The summed E-state index contributed by atoms with van der Waals surface area (Å²) in [4.78, 5) is 10.5. The third-order valence-electron chi connectivity index (χ3n) is 1.50. The van der Waals surface area contributed by atoms with Crippen LogP contribution in [0.3, 0.4) is 0 Å². The quantitative estimate of drug-likeness (QED) is 0.729. The van der Waals surface area contributed by atoms with Crippen molar-refractivity contribution in [2.24, 2.45) is 0 Å². The van der Waals surface area contributed by atoms with E-state index in [9.17, 15) is 4.79 Å². The van der Waals surface area contributed by atoms with Gasteiger partial charge in [0.05, 0.1) is 4.47 Å². The molecule has 0 saturated heterocycles. The number of phenolic OH excluding ortho intramolecular Hbond substituents is 1. The first-order chi connectivity index (χ1) is 5.16. The number of rotatable bonds is 1. The van der Waals surface area contributed by atoms with E-state index in [0.29, 0.717) is 10.0 Å². The fourth-order valence-electron chi connectivity index (χ4n) is 0.823. The highest BCUT2D eigenvalue weighted by atomic mass is 79.9. The topological polar surface area (TPSA) is 37.3 Å². The van der Waals surface area contributed by atoms with Crippen LogP contribution in [0.4, 0.5) is 0 Å². The van der Waals surface area contributed by atoms with E-state index in [1.54, 1.807) is 12.1 Å². The minimum absolute atomic E-state index is 0.0951. The number of aldehydes is 1. The molecule has 0 unspecified atom stereocenters. The fraction of sp³-hybridized carbons (Fsp3) is 0.125. The van der Waals surface area contributed by atoms with Crippen LogP contribution in [0.5, 0.6) is 5.75 Å². The molecule has 3 heteroatoms. The van der Waals surface area contributed by atoms with E-state index in [1.807, 2.05) is 6.92 Å². The second-order valence-electron chi connectivity index (χ2n) is 2.25. The Morgan fingerprint density at radius 1 is 1.55 bits per heavy atom. The minimum Gasteiger partial charge on any atom is -0.507 e. The zero-order valence-electron chi connectivity index (χ0n) is 5.97. The molecular formula is C8H7BrO2. The lowest BCUT2D eigenvalue weighted by molar-refractivity contribution is 0.112. The first-order valence-electron chi connectivity index (χ1n) is 3.10. The van der Waals surface area contributed by atoms with Gasteiger partial charge in [-0.1, -0.05) is 6.07 Å². The van der Waals surface area contributed by atoms with Crippen molar-refractivity contribution < 1.29 is 9.90 Å². The second kappa shape index (κ2) is 3.05. The average molecular weight is 215 g/mol. The molecule has 0 bridgehead atoms. The maximum absolute atomic E-state index is 10.5. The Balaban J connectivity index is 3.40. The number of aryl methyl sites for hydroxylation is 1. The Morgan fingerprint density at radius 2 is 2.18 bits per heavy atom. The van der Waals surface area contributed by atoms with Gasteiger partial charge in [-0.05, 0) is 34.5 Å². The van der Waals surface area contributed by atoms with Crippen molar-refractivity contribution in [1.29, 1.82) is 0 Å². The molecule has 0 fully saturated rings. The Labute approximate surface area is 73.0 Å². The third-order valence-corrected chi connectivity index (χ3v) is 2.33. The van der Waals surface area contributed by atoms with Gasteiger partial charge in [-0.2, -0.15) is 0 Å². The van der Waals surface area contributed by atoms with Gasteiger partial charge in [0, 0.05) is 5.56 Å². The van der Waals surface area contributed by atoms with Gasteiger partial charge >= 0.3 is 0 Å². The molecule has 1 rings (SSSR count). The molecule has 0 amide bonds. The first-order valence-corrected chi connectivity index (χ1v) is 3.89. The predicted octanol–water partition coefficient (Wildman–Crippen LogP) is 2.28. The number of carbonyl (C=O) groups is 1. The van der Waals surface area contributed by atoms with Gasteiger partial charge in [0.15, 0.2) is 6.29 Å². The maximum atomic E-state index is 10.5. The second-order valence-corrected chi connectivity index (χ2v) is 3.04. The smallest absolute Gasteiger partial charge is 0.151 e. The largest absolute Gasteiger partial charge is 0.507 e. The molecule has 0 aliphatic carbocycles. The highest BCUT2D eigenvalue weighted by Gasteiger charge is 2.05. The van der Waals surface area contributed by atoms with Crippen LogP contribution < -0.4 is 0 Å². The van der Waals surface area contributed by atoms with Crippen LogP contribution in [0.25, 0.3) is 0 Å². The standard InChI is InChI=1S/C8H7BrO2/c1-5-2-3-7(11)8(9)6(5)4-10/h2-4,11H,1H3. The summed E-state index contributed by atoms with van der Waals surface area (Å²) in [7, 11) is 0. The molecule has 1 aromatic rings. The molecule has 0 aliphatic heterocycles. The number of hydrogen-bond acceptors (Lipinski definition) is 2. The Bertz CT molecular complexity index is 294. The van der Waals surface area contributed by atoms with Crippen LogP contribution in [-0.4, -0.2) is 11.4 Å². The summed E-state index contributed by atoms with van der Waals surface area (Å²) in [5.74, 6) is 0.0951. The molecular weight excluding hydrogens is 208 g/mol. The Morgan fingerprint density at radius 3 is 2.64 bits per heavy atom. The van der Waals surface area contributed by atoms with E-state index in [2.05, 4.69) is 15.9 Å². The maximum Gasteiger partial charge on any atom is 0.151 e. The summed E-state index contributed by atoms with van der Waals surface area (Å²) in [6.45, 7) is 1.81. The molecule has 2 nitrogen and oxygen atoms in total. The number of carbonyl (C=O) groups excluding carboxylic acids is 1. The van der Waals surface area contributed by atoms with Crippen LogP contribution in [0.2, 0.25) is 0 Å². The van der Waals surface area contributed by atoms with Crippen LogP contribution >= 0.6 is 15.9 Å². The molecule has 1 N–H and O–H groups in total. The minimum atomic E-state index is 0.0951. The van der Waals surface area contributed by atoms with E-state index >= 15 is 0 Å². The lowest BCUT2D eigenvalue weighted by atomic mass is 10.1. The van der Waals surface area contributed by atoms with Crippen LogP contribution in [0.1, 0.15) is 15.9 Å². The molecule has 1 aromatic carbocycles. The summed E-state index contributed by atoms with van der Waals surface area (Å²) < 4.78 is 0.465. The van der Waals surface area contributed by atoms with Crippen molar-refractivity contribution >= 4 is 22.2 Å². The van der Waals surface area contributed by atoms with Gasteiger partial charge in [-0.15, -0.1) is 0 Å². The van der Waals surface area contributed by atoms with Crippen molar-refractivity contribution in [2.45, 2.75) is 6.92 Å². The number of halogens is 1. The first kappa shape index (κ1) is 8.27. The van der Waals surface area contributed by atoms with Crippen LogP contribution in [-0.2, 0) is 0 Å². The summed E-state index contributed by atoms with van der Waals surface area (Å²) >= 11 is 3.11. The number of phenols is 1. The molecule has 0 spiro atoms. The number of benzene rings is 1. The molecule has 0 aliphatic rings. The highest BCUT2D eigenvalue weighted by molar-refractivity contribution is 9.10. The normalized spacial score (nSPS) is 9.64. The predicted molar refractivity (Wildman–Crippen MR) is 45.9 cm³/mol. The molecule has 11 heavy (non-hydrogen) atoms. The molecule has 0 saturated carbocycles. The van der Waals surface area contributed by atoms with Gasteiger partial charge in [-0.25, -0.2) is 0 Å². The summed E-state index contributed by atoms with van der Waals surface area (Å²) in [5, 5.41) is 9.15. The zero-order valence-corrected chi connectivity index (χ0v) is 7.55.